The lowest BCUT2D eigenvalue weighted by Crippen LogP contribution is -2.38. The van der Waals surface area contributed by atoms with Crippen molar-refractivity contribution in [3.8, 4) is 5.75 Å². The Hall–Kier alpha value is -1.79. The van der Waals surface area contributed by atoms with E-state index in [1.807, 2.05) is 26.8 Å². The van der Waals surface area contributed by atoms with Crippen molar-refractivity contribution in [3.63, 3.8) is 0 Å². The third kappa shape index (κ3) is 6.92. The molecule has 7 heteroatoms. The minimum Gasteiger partial charge on any atom is -0.482 e. The number of carbonyl (C=O) groups excluding carboxylic acids is 2. The standard InChI is InChI=1S/C18H26ClNO5/c1-11(2)14-9-15(19)12(3)8-16(14)24-10-17(21)25-13(4)18(22)20-6-7-23-5/h8-9,11,13H,6-7,10H2,1-5H3,(H,20,22)/t13-/m0/s1. The molecular formula is C18H26ClNO5. The highest BCUT2D eigenvalue weighted by atomic mass is 35.5. The van der Waals surface area contributed by atoms with Crippen LogP contribution in [0.5, 0.6) is 5.75 Å². The topological polar surface area (TPSA) is 73.9 Å². The molecule has 0 saturated carbocycles. The predicted octanol–water partition coefficient (Wildman–Crippen LogP) is 2.84. The summed E-state index contributed by atoms with van der Waals surface area (Å²) in [6.07, 6.45) is -0.899. The molecule has 1 N–H and O–H groups in total. The Kier molecular flexibility index (Phi) is 8.72. The number of ether oxygens (including phenoxy) is 3. The van der Waals surface area contributed by atoms with Crippen molar-refractivity contribution in [2.75, 3.05) is 26.9 Å². The fourth-order valence-corrected chi connectivity index (χ4v) is 2.26. The van der Waals surface area contributed by atoms with Crippen molar-refractivity contribution in [1.82, 2.24) is 5.32 Å². The number of halogens is 1. The van der Waals surface area contributed by atoms with Gasteiger partial charge in [0.25, 0.3) is 5.91 Å². The van der Waals surface area contributed by atoms with Crippen molar-refractivity contribution in [3.05, 3.63) is 28.3 Å². The summed E-state index contributed by atoms with van der Waals surface area (Å²) >= 11 is 6.15. The molecule has 0 heterocycles. The van der Waals surface area contributed by atoms with Gasteiger partial charge in [0, 0.05) is 18.7 Å². The molecule has 1 rings (SSSR count). The predicted molar refractivity (Wildman–Crippen MR) is 96.2 cm³/mol. The summed E-state index contributed by atoms with van der Waals surface area (Å²) in [5.41, 5.74) is 1.77. The van der Waals surface area contributed by atoms with Gasteiger partial charge in [0.05, 0.1) is 6.61 Å². The monoisotopic (exact) mass is 371 g/mol. The van der Waals surface area contributed by atoms with E-state index in [9.17, 15) is 9.59 Å². The van der Waals surface area contributed by atoms with E-state index in [1.165, 1.54) is 14.0 Å². The number of hydrogen-bond donors (Lipinski definition) is 1. The first-order valence-electron chi connectivity index (χ1n) is 8.15. The highest BCUT2D eigenvalue weighted by Crippen LogP contribution is 2.31. The van der Waals surface area contributed by atoms with Crippen LogP contribution in [0.15, 0.2) is 12.1 Å². The molecule has 0 spiro atoms. The number of hydrogen-bond acceptors (Lipinski definition) is 5. The first kappa shape index (κ1) is 21.3. The van der Waals surface area contributed by atoms with Crippen LogP contribution in [0.3, 0.4) is 0 Å². The number of benzene rings is 1. The van der Waals surface area contributed by atoms with Gasteiger partial charge in [-0.2, -0.15) is 0 Å². The van der Waals surface area contributed by atoms with Crippen molar-refractivity contribution in [1.29, 1.82) is 0 Å². The maximum atomic E-state index is 11.9. The van der Waals surface area contributed by atoms with Crippen LogP contribution < -0.4 is 10.1 Å². The number of nitrogens with one attached hydrogen (secondary N) is 1. The van der Waals surface area contributed by atoms with Crippen LogP contribution in [0.2, 0.25) is 5.02 Å². The zero-order valence-corrected chi connectivity index (χ0v) is 16.1. The number of rotatable bonds is 9. The molecule has 6 nitrogen and oxygen atoms in total. The highest BCUT2D eigenvalue weighted by molar-refractivity contribution is 6.31. The zero-order chi connectivity index (χ0) is 19.0. The van der Waals surface area contributed by atoms with Gasteiger partial charge in [0.1, 0.15) is 5.75 Å². The van der Waals surface area contributed by atoms with Crippen LogP contribution in [0.4, 0.5) is 0 Å². The summed E-state index contributed by atoms with van der Waals surface area (Å²) in [4.78, 5) is 23.7. The zero-order valence-electron chi connectivity index (χ0n) is 15.3. The minimum absolute atomic E-state index is 0.189. The molecule has 0 fully saturated rings. The summed E-state index contributed by atoms with van der Waals surface area (Å²) in [5, 5.41) is 3.26. The molecule has 0 unspecified atom stereocenters. The fourth-order valence-electron chi connectivity index (χ4n) is 2.09. The number of amides is 1. The van der Waals surface area contributed by atoms with E-state index in [0.29, 0.717) is 23.9 Å². The second kappa shape index (κ2) is 10.3. The first-order chi connectivity index (χ1) is 11.8. The molecule has 0 radical (unpaired) electrons. The lowest BCUT2D eigenvalue weighted by atomic mass is 10.0. The van der Waals surface area contributed by atoms with Crippen LogP contribution in [0, 0.1) is 6.92 Å². The van der Waals surface area contributed by atoms with Crippen molar-refractivity contribution in [2.45, 2.75) is 39.7 Å². The Balaban J connectivity index is 2.59. The second-order valence-corrected chi connectivity index (χ2v) is 6.41. The molecule has 1 aromatic carbocycles. The SMILES string of the molecule is COCCNC(=O)[C@H](C)OC(=O)COc1cc(C)c(Cl)cc1C(C)C. The number of esters is 1. The van der Waals surface area contributed by atoms with Crippen LogP contribution >= 0.6 is 11.6 Å². The van der Waals surface area contributed by atoms with Gasteiger partial charge in [0.2, 0.25) is 0 Å². The van der Waals surface area contributed by atoms with Gasteiger partial charge >= 0.3 is 5.97 Å². The minimum atomic E-state index is -0.899. The van der Waals surface area contributed by atoms with Gasteiger partial charge in [-0.3, -0.25) is 4.79 Å². The Morgan fingerprint density at radius 3 is 2.52 bits per heavy atom. The van der Waals surface area contributed by atoms with Crippen molar-refractivity contribution in [2.24, 2.45) is 0 Å². The summed E-state index contributed by atoms with van der Waals surface area (Å²) < 4.78 is 15.5. The summed E-state index contributed by atoms with van der Waals surface area (Å²) in [7, 11) is 1.54. The molecule has 0 saturated heterocycles. The van der Waals surface area contributed by atoms with E-state index in [-0.39, 0.29) is 18.4 Å². The van der Waals surface area contributed by atoms with Gasteiger partial charge in [-0.1, -0.05) is 25.4 Å². The second-order valence-electron chi connectivity index (χ2n) is 6.00. The fraction of sp³-hybridized carbons (Fsp3) is 0.556. The average molecular weight is 372 g/mol. The van der Waals surface area contributed by atoms with Crippen LogP contribution in [0.1, 0.15) is 37.8 Å². The molecule has 1 aromatic rings. The maximum Gasteiger partial charge on any atom is 0.344 e. The number of carbonyl (C=O) groups is 2. The van der Waals surface area contributed by atoms with E-state index >= 15 is 0 Å². The van der Waals surface area contributed by atoms with Gasteiger partial charge in [-0.05, 0) is 43.0 Å². The molecule has 0 aliphatic carbocycles. The molecule has 0 aromatic heterocycles. The Bertz CT molecular complexity index is 603. The highest BCUT2D eigenvalue weighted by Gasteiger charge is 2.18. The molecule has 0 aliphatic heterocycles. The lowest BCUT2D eigenvalue weighted by Gasteiger charge is -2.17. The quantitative estimate of drug-likeness (QED) is 0.533. The van der Waals surface area contributed by atoms with Crippen molar-refractivity contribution < 1.29 is 23.8 Å². The van der Waals surface area contributed by atoms with Gasteiger partial charge in [-0.15, -0.1) is 0 Å². The van der Waals surface area contributed by atoms with Gasteiger partial charge < -0.3 is 19.5 Å². The van der Waals surface area contributed by atoms with Crippen LogP contribution in [0.25, 0.3) is 0 Å². The smallest absolute Gasteiger partial charge is 0.344 e. The van der Waals surface area contributed by atoms with E-state index in [1.54, 1.807) is 6.07 Å². The third-order valence-corrected chi connectivity index (χ3v) is 3.95. The Morgan fingerprint density at radius 1 is 1.24 bits per heavy atom. The summed E-state index contributed by atoms with van der Waals surface area (Å²) in [5.74, 6) is -0.215. The molecule has 25 heavy (non-hydrogen) atoms. The number of methoxy groups -OCH3 is 1. The van der Waals surface area contributed by atoms with E-state index in [4.69, 9.17) is 25.8 Å². The van der Waals surface area contributed by atoms with Crippen LogP contribution in [-0.4, -0.2) is 44.8 Å². The van der Waals surface area contributed by atoms with Gasteiger partial charge in [-0.25, -0.2) is 4.79 Å². The Labute approximate surface area is 153 Å². The van der Waals surface area contributed by atoms with E-state index in [0.717, 1.165) is 11.1 Å². The molecule has 0 aliphatic rings. The molecule has 140 valence electrons. The number of aryl methyl sites for hydroxylation is 1. The Morgan fingerprint density at radius 2 is 1.92 bits per heavy atom. The molecule has 1 atom stereocenters. The molecular weight excluding hydrogens is 346 g/mol. The average Bonchev–Trinajstić information content (AvgIpc) is 2.55. The largest absolute Gasteiger partial charge is 0.482 e. The molecule has 1 amide bonds. The summed E-state index contributed by atoms with van der Waals surface area (Å²) in [6.45, 7) is 7.86. The van der Waals surface area contributed by atoms with Crippen LogP contribution in [-0.2, 0) is 19.1 Å². The van der Waals surface area contributed by atoms with Crippen molar-refractivity contribution >= 4 is 23.5 Å². The molecule has 0 bridgehead atoms. The maximum absolute atomic E-state index is 11.9. The van der Waals surface area contributed by atoms with Gasteiger partial charge in [0.15, 0.2) is 12.7 Å². The first-order valence-corrected chi connectivity index (χ1v) is 8.53. The third-order valence-electron chi connectivity index (χ3n) is 3.54. The van der Waals surface area contributed by atoms with E-state index in [2.05, 4.69) is 5.32 Å². The normalized spacial score (nSPS) is 12.0. The lowest BCUT2D eigenvalue weighted by molar-refractivity contribution is -0.156. The van der Waals surface area contributed by atoms with E-state index < -0.39 is 12.1 Å². The summed E-state index contributed by atoms with van der Waals surface area (Å²) in [6, 6.07) is 3.64.